The van der Waals surface area contributed by atoms with Crippen molar-refractivity contribution in [3.63, 3.8) is 0 Å². The largest absolute Gasteiger partial charge is 0.353 e. The van der Waals surface area contributed by atoms with Gasteiger partial charge in [-0.3, -0.25) is 14.9 Å². The molecule has 2 rings (SSSR count). The molecule has 1 aromatic carbocycles. The van der Waals surface area contributed by atoms with Gasteiger partial charge in [-0.05, 0) is 31.1 Å². The van der Waals surface area contributed by atoms with Gasteiger partial charge < -0.3 is 5.32 Å². The van der Waals surface area contributed by atoms with Gasteiger partial charge in [-0.1, -0.05) is 18.6 Å². The van der Waals surface area contributed by atoms with E-state index in [0.29, 0.717) is 5.25 Å². The number of nitro benzene ring substituents is 1. The Balaban J connectivity index is 1.85. The maximum absolute atomic E-state index is 12.0. The monoisotopic (exact) mass is 308 g/mol. The lowest BCUT2D eigenvalue weighted by molar-refractivity contribution is -0.384. The van der Waals surface area contributed by atoms with Crippen molar-refractivity contribution in [3.05, 3.63) is 39.9 Å². The zero-order valence-electron chi connectivity index (χ0n) is 12.1. The summed E-state index contributed by atoms with van der Waals surface area (Å²) >= 11 is 1.87. The minimum Gasteiger partial charge on any atom is -0.353 e. The van der Waals surface area contributed by atoms with E-state index in [1.54, 1.807) is 12.1 Å². The maximum atomic E-state index is 12.0. The minimum atomic E-state index is -0.436. The van der Waals surface area contributed by atoms with Crippen molar-refractivity contribution in [1.29, 1.82) is 0 Å². The number of thioether (sulfide) groups is 1. The molecule has 21 heavy (non-hydrogen) atoms. The first-order chi connectivity index (χ1) is 10.1. The van der Waals surface area contributed by atoms with Gasteiger partial charge in [0.15, 0.2) is 0 Å². The molecular formula is C15H20N2O3S. The standard InChI is InChI=1S/C15H20N2O3S/c1-21-14-4-2-3-12(10-14)16-15(18)9-11-5-7-13(8-6-11)17(19)20/h5-8,12,14H,2-4,9-10H2,1H3,(H,16,18)/t12-,14+/m1/s1. The van der Waals surface area contributed by atoms with Crippen molar-refractivity contribution >= 4 is 23.4 Å². The van der Waals surface area contributed by atoms with E-state index in [1.165, 1.54) is 18.6 Å². The quantitative estimate of drug-likeness (QED) is 0.670. The number of nitro groups is 1. The lowest BCUT2D eigenvalue weighted by atomic mass is 9.94. The van der Waals surface area contributed by atoms with Crippen LogP contribution in [0.25, 0.3) is 0 Å². The third-order valence-corrected chi connectivity index (χ3v) is 4.93. The van der Waals surface area contributed by atoms with Crippen LogP contribution >= 0.6 is 11.8 Å². The highest BCUT2D eigenvalue weighted by molar-refractivity contribution is 7.99. The van der Waals surface area contributed by atoms with Crippen LogP contribution < -0.4 is 5.32 Å². The third-order valence-electron chi connectivity index (χ3n) is 3.84. The van der Waals surface area contributed by atoms with Crippen molar-refractivity contribution in [2.45, 2.75) is 43.4 Å². The summed E-state index contributed by atoms with van der Waals surface area (Å²) in [5.41, 5.74) is 0.851. The summed E-state index contributed by atoms with van der Waals surface area (Å²) in [6, 6.07) is 6.42. The number of non-ortho nitro benzene ring substituents is 1. The molecule has 114 valence electrons. The SMILES string of the molecule is CS[C@H]1CCC[C@@H](NC(=O)Cc2ccc([N+](=O)[O-])cc2)C1. The molecule has 2 atom stereocenters. The number of carbonyl (C=O) groups is 1. The van der Waals surface area contributed by atoms with E-state index in [2.05, 4.69) is 11.6 Å². The number of nitrogens with zero attached hydrogens (tertiary/aromatic N) is 1. The molecule has 6 heteroatoms. The second-order valence-electron chi connectivity index (χ2n) is 5.39. The predicted octanol–water partition coefficient (Wildman–Crippen LogP) is 2.93. The van der Waals surface area contributed by atoms with E-state index < -0.39 is 4.92 Å². The van der Waals surface area contributed by atoms with E-state index in [0.717, 1.165) is 24.8 Å². The molecule has 5 nitrogen and oxygen atoms in total. The molecule has 1 N–H and O–H groups in total. The van der Waals surface area contributed by atoms with Crippen molar-refractivity contribution < 1.29 is 9.72 Å². The third kappa shape index (κ3) is 4.74. The van der Waals surface area contributed by atoms with Gasteiger partial charge in [-0.15, -0.1) is 0 Å². The van der Waals surface area contributed by atoms with Crippen molar-refractivity contribution in [3.8, 4) is 0 Å². The normalized spacial score (nSPS) is 21.8. The zero-order chi connectivity index (χ0) is 15.2. The van der Waals surface area contributed by atoms with Crippen molar-refractivity contribution in [1.82, 2.24) is 5.32 Å². The molecule has 0 radical (unpaired) electrons. The molecule has 0 spiro atoms. The second-order valence-corrected chi connectivity index (χ2v) is 6.53. The van der Waals surface area contributed by atoms with Gasteiger partial charge >= 0.3 is 0 Å². The Labute approximate surface area is 128 Å². The summed E-state index contributed by atoms with van der Waals surface area (Å²) in [6.45, 7) is 0. The Morgan fingerprint density at radius 1 is 1.38 bits per heavy atom. The molecule has 0 saturated heterocycles. The van der Waals surface area contributed by atoms with Crippen LogP contribution in [0.2, 0.25) is 0 Å². The molecule has 1 fully saturated rings. The number of benzene rings is 1. The van der Waals surface area contributed by atoms with Gasteiger partial charge in [0.05, 0.1) is 11.3 Å². The van der Waals surface area contributed by atoms with E-state index >= 15 is 0 Å². The van der Waals surface area contributed by atoms with E-state index in [-0.39, 0.29) is 24.1 Å². The van der Waals surface area contributed by atoms with Gasteiger partial charge in [-0.2, -0.15) is 11.8 Å². The van der Waals surface area contributed by atoms with E-state index in [1.807, 2.05) is 11.8 Å². The molecule has 1 saturated carbocycles. The lowest BCUT2D eigenvalue weighted by Gasteiger charge is -2.28. The van der Waals surface area contributed by atoms with Crippen LogP contribution in [0.15, 0.2) is 24.3 Å². The fourth-order valence-electron chi connectivity index (χ4n) is 2.69. The van der Waals surface area contributed by atoms with Crippen LogP contribution in [0.4, 0.5) is 5.69 Å². The first-order valence-electron chi connectivity index (χ1n) is 7.14. The van der Waals surface area contributed by atoms with Gasteiger partial charge in [0.25, 0.3) is 5.69 Å². The number of amides is 1. The second kappa shape index (κ2) is 7.45. The Hall–Kier alpha value is -1.56. The molecule has 0 aliphatic heterocycles. The molecule has 0 unspecified atom stereocenters. The molecule has 1 aliphatic carbocycles. The molecular weight excluding hydrogens is 288 g/mol. The number of hydrogen-bond acceptors (Lipinski definition) is 4. The maximum Gasteiger partial charge on any atom is 0.269 e. The summed E-state index contributed by atoms with van der Waals surface area (Å²) in [4.78, 5) is 22.2. The summed E-state index contributed by atoms with van der Waals surface area (Å²) < 4.78 is 0. The fourth-order valence-corrected chi connectivity index (χ4v) is 3.52. The van der Waals surface area contributed by atoms with E-state index in [9.17, 15) is 14.9 Å². The van der Waals surface area contributed by atoms with Crippen LogP contribution in [0.1, 0.15) is 31.2 Å². The van der Waals surface area contributed by atoms with Crippen LogP contribution in [-0.2, 0) is 11.2 Å². The summed E-state index contributed by atoms with van der Waals surface area (Å²) in [7, 11) is 0. The highest BCUT2D eigenvalue weighted by Gasteiger charge is 2.22. The van der Waals surface area contributed by atoms with Crippen molar-refractivity contribution in [2.75, 3.05) is 6.26 Å². The van der Waals surface area contributed by atoms with Crippen LogP contribution in [0, 0.1) is 10.1 Å². The molecule has 0 aromatic heterocycles. The molecule has 0 bridgehead atoms. The Bertz CT molecular complexity index is 504. The van der Waals surface area contributed by atoms with E-state index in [4.69, 9.17) is 0 Å². The predicted molar refractivity (Wildman–Crippen MR) is 84.5 cm³/mol. The van der Waals surface area contributed by atoms with Crippen LogP contribution in [0.3, 0.4) is 0 Å². The smallest absolute Gasteiger partial charge is 0.269 e. The van der Waals surface area contributed by atoms with Crippen molar-refractivity contribution in [2.24, 2.45) is 0 Å². The Morgan fingerprint density at radius 3 is 2.71 bits per heavy atom. The highest BCUT2D eigenvalue weighted by Crippen LogP contribution is 2.26. The zero-order valence-corrected chi connectivity index (χ0v) is 12.9. The number of hydrogen-bond donors (Lipinski definition) is 1. The van der Waals surface area contributed by atoms with Crippen LogP contribution in [-0.4, -0.2) is 28.4 Å². The molecule has 0 heterocycles. The topological polar surface area (TPSA) is 72.2 Å². The van der Waals surface area contributed by atoms with Gasteiger partial charge in [0.1, 0.15) is 0 Å². The minimum absolute atomic E-state index is 0.00407. The van der Waals surface area contributed by atoms with Gasteiger partial charge in [0, 0.05) is 23.4 Å². The summed E-state index contributed by atoms with van der Waals surface area (Å²) in [5, 5.41) is 14.3. The Kier molecular flexibility index (Phi) is 5.61. The number of carbonyl (C=O) groups excluding carboxylic acids is 1. The summed E-state index contributed by atoms with van der Waals surface area (Å²) in [6.07, 6.45) is 6.87. The average Bonchev–Trinajstić information content (AvgIpc) is 2.47. The molecule has 1 amide bonds. The average molecular weight is 308 g/mol. The molecule has 1 aromatic rings. The number of nitrogens with one attached hydrogen (secondary N) is 1. The van der Waals surface area contributed by atoms with Gasteiger partial charge in [-0.25, -0.2) is 0 Å². The number of rotatable bonds is 5. The lowest BCUT2D eigenvalue weighted by Crippen LogP contribution is -2.39. The molecule has 1 aliphatic rings. The fraction of sp³-hybridized carbons (Fsp3) is 0.533. The first-order valence-corrected chi connectivity index (χ1v) is 8.42. The highest BCUT2D eigenvalue weighted by atomic mass is 32.2. The Morgan fingerprint density at radius 2 is 2.10 bits per heavy atom. The van der Waals surface area contributed by atoms with Gasteiger partial charge in [0.2, 0.25) is 5.91 Å². The first kappa shape index (κ1) is 15.8. The van der Waals surface area contributed by atoms with Crippen LogP contribution in [0.5, 0.6) is 0 Å². The summed E-state index contributed by atoms with van der Waals surface area (Å²) in [5.74, 6) is -0.00407.